The Labute approximate surface area is 99.9 Å². The summed E-state index contributed by atoms with van der Waals surface area (Å²) in [6, 6.07) is 0. The molecule has 0 aromatic heterocycles. The van der Waals surface area contributed by atoms with Crippen LogP contribution in [0.2, 0.25) is 0 Å². The molecule has 0 amide bonds. The summed E-state index contributed by atoms with van der Waals surface area (Å²) in [5.74, 6) is 0.130. The minimum absolute atomic E-state index is 0.130. The molecule has 0 heterocycles. The van der Waals surface area contributed by atoms with Crippen LogP contribution in [0.15, 0.2) is 12.7 Å². The molecule has 0 aromatic rings. The fourth-order valence-corrected chi connectivity index (χ4v) is 3.76. The Morgan fingerprint density at radius 2 is 1.80 bits per heavy atom. The van der Waals surface area contributed by atoms with Gasteiger partial charge >= 0.3 is 10.1 Å². The zero-order chi connectivity index (χ0) is 12.1. The van der Waals surface area contributed by atoms with E-state index in [9.17, 15) is 16.8 Å². The Balaban J connectivity index is 5.07. The van der Waals surface area contributed by atoms with Crippen molar-refractivity contribution in [1.82, 2.24) is 0 Å². The van der Waals surface area contributed by atoms with E-state index in [2.05, 4.69) is 39.9 Å². The van der Waals surface area contributed by atoms with Crippen LogP contribution in [0.1, 0.15) is 0 Å². The molecule has 90 valence electrons. The average molecular weight is 294 g/mol. The van der Waals surface area contributed by atoms with Crippen LogP contribution in [0, 0.1) is 0 Å². The summed E-state index contributed by atoms with van der Waals surface area (Å²) in [5, 5.41) is 0. The van der Waals surface area contributed by atoms with Gasteiger partial charge in [-0.15, -0.1) is 6.58 Å². The first-order chi connectivity index (χ1) is 6.81. The summed E-state index contributed by atoms with van der Waals surface area (Å²) in [5.41, 5.74) is 0. The predicted octanol–water partition coefficient (Wildman–Crippen LogP) is -0.0341. The van der Waals surface area contributed by atoms with Crippen molar-refractivity contribution in [3.8, 4) is 0 Å². The van der Waals surface area contributed by atoms with Crippen LogP contribution in [0.4, 0.5) is 0 Å². The molecule has 0 aromatic carbocycles. The minimum atomic E-state index is -4.39. The van der Waals surface area contributed by atoms with Crippen LogP contribution in [0.25, 0.3) is 0 Å². The summed E-state index contributed by atoms with van der Waals surface area (Å²) in [4.78, 5) is 0. The Kier molecular flexibility index (Phi) is 6.21. The van der Waals surface area contributed by atoms with Gasteiger partial charge in [0.1, 0.15) is 0 Å². The standard InChI is InChI=1S/C5H10O6S4/c1-2-5(15(8,9)11-13)14(6,7)10-3-4-12/h2,5,12-13H,1,3-4H2. The summed E-state index contributed by atoms with van der Waals surface area (Å²) >= 11 is 6.76. The molecule has 6 nitrogen and oxygen atoms in total. The first-order valence-electron chi connectivity index (χ1n) is 3.50. The fraction of sp³-hybridized carbons (Fsp3) is 0.600. The van der Waals surface area contributed by atoms with Crippen molar-refractivity contribution in [2.24, 2.45) is 0 Å². The largest absolute Gasteiger partial charge is 0.301 e. The Morgan fingerprint density at radius 1 is 1.27 bits per heavy atom. The Hall–Kier alpha value is 0.260. The van der Waals surface area contributed by atoms with Gasteiger partial charge in [-0.1, -0.05) is 6.08 Å². The van der Waals surface area contributed by atoms with Gasteiger partial charge in [0, 0.05) is 5.75 Å². The van der Waals surface area contributed by atoms with E-state index in [0.717, 1.165) is 0 Å². The lowest BCUT2D eigenvalue weighted by Crippen LogP contribution is -2.30. The number of thiol groups is 2. The van der Waals surface area contributed by atoms with E-state index in [1.807, 2.05) is 0 Å². The number of hydrogen-bond acceptors (Lipinski definition) is 8. The van der Waals surface area contributed by atoms with Crippen LogP contribution in [0.3, 0.4) is 0 Å². The maximum atomic E-state index is 11.3. The SMILES string of the molecule is C=CC(S(=O)(=O)OS)S(=O)(=O)OCCS. The molecule has 0 bridgehead atoms. The van der Waals surface area contributed by atoms with Crippen LogP contribution < -0.4 is 0 Å². The highest BCUT2D eigenvalue weighted by atomic mass is 32.3. The average Bonchev–Trinajstić information content (AvgIpc) is 2.15. The smallest absolute Gasteiger partial charge is 0.268 e. The highest BCUT2D eigenvalue weighted by Gasteiger charge is 2.36. The number of hydrogen-bond donors (Lipinski definition) is 2. The molecule has 15 heavy (non-hydrogen) atoms. The van der Waals surface area contributed by atoms with E-state index in [1.54, 1.807) is 0 Å². The summed E-state index contributed by atoms with van der Waals surface area (Å²) in [7, 11) is -8.72. The van der Waals surface area contributed by atoms with Gasteiger partial charge in [-0.05, 0) is 12.9 Å². The zero-order valence-corrected chi connectivity index (χ0v) is 10.9. The van der Waals surface area contributed by atoms with Crippen LogP contribution >= 0.6 is 25.5 Å². The predicted molar refractivity (Wildman–Crippen MR) is 61.7 cm³/mol. The molecule has 0 saturated carbocycles. The topological polar surface area (TPSA) is 86.7 Å². The van der Waals surface area contributed by atoms with Crippen molar-refractivity contribution in [2.75, 3.05) is 12.4 Å². The van der Waals surface area contributed by atoms with Crippen molar-refractivity contribution in [3.63, 3.8) is 0 Å². The molecule has 0 aliphatic heterocycles. The molecule has 0 fully saturated rings. The van der Waals surface area contributed by atoms with Gasteiger partial charge in [-0.3, -0.25) is 4.18 Å². The van der Waals surface area contributed by atoms with Gasteiger partial charge in [0.05, 0.1) is 6.61 Å². The maximum absolute atomic E-state index is 11.3. The molecule has 0 spiro atoms. The van der Waals surface area contributed by atoms with Gasteiger partial charge in [0.2, 0.25) is 4.58 Å². The summed E-state index contributed by atoms with van der Waals surface area (Å²) in [6.07, 6.45) is 0.680. The second-order valence-electron chi connectivity index (χ2n) is 2.21. The lowest BCUT2D eigenvalue weighted by Gasteiger charge is -2.11. The van der Waals surface area contributed by atoms with E-state index >= 15 is 0 Å². The molecule has 1 atom stereocenters. The van der Waals surface area contributed by atoms with E-state index in [1.165, 1.54) is 0 Å². The van der Waals surface area contributed by atoms with Gasteiger partial charge < -0.3 is 0 Å². The molecule has 0 saturated heterocycles. The molecule has 0 aliphatic rings. The number of rotatable bonds is 7. The minimum Gasteiger partial charge on any atom is -0.268 e. The first-order valence-corrected chi connectivity index (χ1v) is 7.44. The Morgan fingerprint density at radius 3 is 2.13 bits per heavy atom. The fourth-order valence-electron chi connectivity index (χ4n) is 0.643. The normalized spacial score (nSPS) is 14.8. The van der Waals surface area contributed by atoms with Crippen LogP contribution in [0.5, 0.6) is 0 Å². The summed E-state index contributed by atoms with van der Waals surface area (Å²) < 4.78 is 50.9. The third-order valence-corrected chi connectivity index (χ3v) is 5.65. The van der Waals surface area contributed by atoms with Crippen molar-refractivity contribution >= 4 is 45.8 Å². The van der Waals surface area contributed by atoms with Crippen LogP contribution in [-0.4, -0.2) is 33.8 Å². The zero-order valence-electron chi connectivity index (χ0n) is 7.44. The lowest BCUT2D eigenvalue weighted by atomic mass is 10.8. The molecule has 0 rings (SSSR count). The molecule has 0 radical (unpaired) electrons. The monoisotopic (exact) mass is 294 g/mol. The van der Waals surface area contributed by atoms with E-state index in [4.69, 9.17) is 0 Å². The molecular formula is C5H10O6S4. The summed E-state index contributed by atoms with van der Waals surface area (Å²) in [6.45, 7) is 2.84. The van der Waals surface area contributed by atoms with Gasteiger partial charge in [-0.2, -0.15) is 33.1 Å². The molecule has 0 aliphatic carbocycles. The highest BCUT2D eigenvalue weighted by Crippen LogP contribution is 2.16. The third-order valence-electron chi connectivity index (χ3n) is 1.20. The molecule has 1 unspecified atom stereocenters. The van der Waals surface area contributed by atoms with Gasteiger partial charge in [-0.25, -0.2) is 0 Å². The maximum Gasteiger partial charge on any atom is 0.301 e. The van der Waals surface area contributed by atoms with Crippen molar-refractivity contribution in [3.05, 3.63) is 12.7 Å². The van der Waals surface area contributed by atoms with Crippen molar-refractivity contribution in [2.45, 2.75) is 4.58 Å². The van der Waals surface area contributed by atoms with Crippen LogP contribution in [-0.2, 0) is 28.0 Å². The van der Waals surface area contributed by atoms with Crippen molar-refractivity contribution < 1.29 is 24.6 Å². The van der Waals surface area contributed by atoms with E-state index in [-0.39, 0.29) is 12.4 Å². The quantitative estimate of drug-likeness (QED) is 0.297. The van der Waals surface area contributed by atoms with Gasteiger partial charge in [0.25, 0.3) is 10.1 Å². The van der Waals surface area contributed by atoms with E-state index < -0.39 is 24.8 Å². The second-order valence-corrected chi connectivity index (χ2v) is 6.77. The third kappa shape index (κ3) is 4.33. The first kappa shape index (κ1) is 15.3. The highest BCUT2D eigenvalue weighted by molar-refractivity contribution is 8.07. The molecular weight excluding hydrogens is 284 g/mol. The van der Waals surface area contributed by atoms with Gasteiger partial charge in [0.15, 0.2) is 0 Å². The lowest BCUT2D eigenvalue weighted by molar-refractivity contribution is 0.340. The van der Waals surface area contributed by atoms with E-state index in [0.29, 0.717) is 6.08 Å². The van der Waals surface area contributed by atoms with Crippen molar-refractivity contribution in [1.29, 1.82) is 0 Å². The second kappa shape index (κ2) is 6.11. The Bertz CT molecular complexity index is 395. The molecule has 10 heteroatoms. The molecule has 0 N–H and O–H groups in total.